The van der Waals surface area contributed by atoms with Crippen LogP contribution in [0.3, 0.4) is 0 Å². The molecular weight excluding hydrogens is 308 g/mol. The summed E-state index contributed by atoms with van der Waals surface area (Å²) in [5.74, 6) is -1.02. The van der Waals surface area contributed by atoms with E-state index >= 15 is 0 Å². The van der Waals surface area contributed by atoms with Gasteiger partial charge in [0.05, 0.1) is 5.75 Å². The minimum absolute atomic E-state index is 0.0933. The molecule has 1 aliphatic heterocycles. The number of carbonyl (C=O) groups excluding carboxylic acids is 1. The second-order valence-electron chi connectivity index (χ2n) is 4.47. The summed E-state index contributed by atoms with van der Waals surface area (Å²) < 4.78 is 0.485. The van der Waals surface area contributed by atoms with E-state index in [0.29, 0.717) is 10.1 Å². The molecule has 0 fully saturated rings. The maximum absolute atomic E-state index is 11.8. The van der Waals surface area contributed by atoms with Gasteiger partial charge in [-0.15, -0.1) is 0 Å². The molecule has 0 aliphatic carbocycles. The standard InChI is InChI=1S/C14H14N2O3S2/c1-16(2)10-5-3-9(4-6-10)7-11-13(19)21-14(15-11)20-8-12(17)18/h3-7H,8H2,1-2H3,(H,17,18). The van der Waals surface area contributed by atoms with Crippen molar-refractivity contribution in [2.75, 3.05) is 24.7 Å². The Morgan fingerprint density at radius 3 is 2.62 bits per heavy atom. The van der Waals surface area contributed by atoms with Crippen molar-refractivity contribution in [2.24, 2.45) is 4.99 Å². The summed E-state index contributed by atoms with van der Waals surface area (Å²) in [5.41, 5.74) is 2.31. The molecule has 7 heteroatoms. The average molecular weight is 322 g/mol. The fourth-order valence-corrected chi connectivity index (χ4v) is 3.16. The van der Waals surface area contributed by atoms with Gasteiger partial charge in [-0.05, 0) is 35.5 Å². The molecule has 0 atom stereocenters. The van der Waals surface area contributed by atoms with Crippen molar-refractivity contribution in [3.63, 3.8) is 0 Å². The highest BCUT2D eigenvalue weighted by molar-refractivity contribution is 8.45. The topological polar surface area (TPSA) is 70.0 Å². The van der Waals surface area contributed by atoms with E-state index < -0.39 is 5.97 Å². The molecule has 5 nitrogen and oxygen atoms in total. The third-order valence-corrected chi connectivity index (χ3v) is 4.63. The van der Waals surface area contributed by atoms with Crippen LogP contribution in [0.2, 0.25) is 0 Å². The first kappa shape index (κ1) is 15.7. The van der Waals surface area contributed by atoms with Crippen LogP contribution >= 0.6 is 23.5 Å². The lowest BCUT2D eigenvalue weighted by molar-refractivity contribution is -0.133. The van der Waals surface area contributed by atoms with E-state index in [4.69, 9.17) is 5.11 Å². The zero-order valence-electron chi connectivity index (χ0n) is 11.6. The number of rotatable bonds is 4. The number of carboxylic acids is 1. The first-order chi connectivity index (χ1) is 9.95. The van der Waals surface area contributed by atoms with Gasteiger partial charge >= 0.3 is 5.97 Å². The Morgan fingerprint density at radius 2 is 2.05 bits per heavy atom. The molecule has 0 saturated heterocycles. The van der Waals surface area contributed by atoms with Crippen LogP contribution in [0.15, 0.2) is 35.0 Å². The van der Waals surface area contributed by atoms with Gasteiger partial charge in [-0.25, -0.2) is 4.99 Å². The molecule has 1 aromatic carbocycles. The van der Waals surface area contributed by atoms with Crippen LogP contribution in [0.5, 0.6) is 0 Å². The van der Waals surface area contributed by atoms with E-state index in [9.17, 15) is 9.59 Å². The smallest absolute Gasteiger partial charge is 0.313 e. The summed E-state index contributed by atoms with van der Waals surface area (Å²) in [5, 5.41) is 8.47. The zero-order valence-corrected chi connectivity index (χ0v) is 13.2. The minimum atomic E-state index is -0.924. The fourth-order valence-electron chi connectivity index (χ4n) is 1.60. The maximum Gasteiger partial charge on any atom is 0.313 e. The molecule has 0 amide bonds. The summed E-state index contributed by atoms with van der Waals surface area (Å²) >= 11 is 2.04. The second-order valence-corrected chi connectivity index (χ2v) is 6.65. The Balaban J connectivity index is 2.12. The number of nitrogens with zero attached hydrogens (tertiary/aromatic N) is 2. The number of hydrogen-bond donors (Lipinski definition) is 1. The number of aliphatic imine (C=N–C) groups is 1. The molecule has 0 aromatic heterocycles. The number of hydrogen-bond acceptors (Lipinski definition) is 6. The molecule has 0 spiro atoms. The van der Waals surface area contributed by atoms with Gasteiger partial charge in [0.15, 0.2) is 0 Å². The van der Waals surface area contributed by atoms with E-state index in [1.54, 1.807) is 6.08 Å². The van der Waals surface area contributed by atoms with Crippen molar-refractivity contribution in [1.29, 1.82) is 0 Å². The Labute approximate surface area is 131 Å². The molecule has 0 radical (unpaired) electrons. The molecule has 1 aliphatic rings. The lowest BCUT2D eigenvalue weighted by atomic mass is 10.1. The van der Waals surface area contributed by atoms with E-state index in [1.807, 2.05) is 43.3 Å². The molecule has 21 heavy (non-hydrogen) atoms. The lowest BCUT2D eigenvalue weighted by Crippen LogP contribution is -2.07. The predicted octanol–water partition coefficient (Wildman–Crippen LogP) is 2.54. The number of benzene rings is 1. The molecule has 2 rings (SSSR count). The van der Waals surface area contributed by atoms with Crippen molar-refractivity contribution in [3.8, 4) is 0 Å². The van der Waals surface area contributed by atoms with Crippen molar-refractivity contribution < 1.29 is 14.7 Å². The summed E-state index contributed by atoms with van der Waals surface area (Å²) in [6.45, 7) is 0. The van der Waals surface area contributed by atoms with Gasteiger partial charge in [0, 0.05) is 19.8 Å². The van der Waals surface area contributed by atoms with E-state index in [-0.39, 0.29) is 10.9 Å². The van der Waals surface area contributed by atoms with Crippen LogP contribution in [0.4, 0.5) is 5.69 Å². The monoisotopic (exact) mass is 322 g/mol. The normalized spacial score (nSPS) is 16.2. The van der Waals surface area contributed by atoms with Gasteiger partial charge in [0.1, 0.15) is 10.1 Å². The quantitative estimate of drug-likeness (QED) is 0.859. The molecule has 1 heterocycles. The van der Waals surface area contributed by atoms with Crippen LogP contribution < -0.4 is 4.90 Å². The number of carbonyl (C=O) groups is 2. The van der Waals surface area contributed by atoms with Gasteiger partial charge in [-0.1, -0.05) is 23.9 Å². The maximum atomic E-state index is 11.8. The number of aliphatic carboxylic acids is 1. The molecule has 110 valence electrons. The van der Waals surface area contributed by atoms with Crippen LogP contribution in [0.25, 0.3) is 6.08 Å². The third-order valence-electron chi connectivity index (χ3n) is 2.63. The zero-order chi connectivity index (χ0) is 15.4. The Morgan fingerprint density at radius 1 is 1.38 bits per heavy atom. The third kappa shape index (κ3) is 4.37. The largest absolute Gasteiger partial charge is 0.481 e. The molecular formula is C14H14N2O3S2. The highest BCUT2D eigenvalue weighted by Crippen LogP contribution is 2.31. The Hall–Kier alpha value is -1.73. The number of anilines is 1. The first-order valence-electron chi connectivity index (χ1n) is 6.10. The van der Waals surface area contributed by atoms with Crippen molar-refractivity contribution in [2.45, 2.75) is 0 Å². The van der Waals surface area contributed by atoms with E-state index in [1.165, 1.54) is 0 Å². The van der Waals surface area contributed by atoms with Crippen LogP contribution in [-0.4, -0.2) is 40.4 Å². The van der Waals surface area contributed by atoms with Crippen molar-refractivity contribution in [1.82, 2.24) is 0 Å². The average Bonchev–Trinajstić information content (AvgIpc) is 2.78. The Kier molecular flexibility index (Phi) is 5.08. The van der Waals surface area contributed by atoms with Gasteiger partial charge in [0.2, 0.25) is 5.12 Å². The molecule has 1 N–H and O–H groups in total. The van der Waals surface area contributed by atoms with Gasteiger partial charge in [0.25, 0.3) is 0 Å². The van der Waals surface area contributed by atoms with Crippen molar-refractivity contribution >= 4 is 50.7 Å². The van der Waals surface area contributed by atoms with Crippen molar-refractivity contribution in [3.05, 3.63) is 35.5 Å². The number of thioether (sulfide) groups is 2. The van der Waals surface area contributed by atoms with E-state index in [2.05, 4.69) is 4.99 Å². The van der Waals surface area contributed by atoms with Crippen LogP contribution in [0, 0.1) is 0 Å². The fraction of sp³-hybridized carbons (Fsp3) is 0.214. The molecule has 0 saturated carbocycles. The molecule has 1 aromatic rings. The van der Waals surface area contributed by atoms with E-state index in [0.717, 1.165) is 34.8 Å². The summed E-state index contributed by atoms with van der Waals surface area (Å²) in [7, 11) is 3.92. The van der Waals surface area contributed by atoms with Crippen LogP contribution in [-0.2, 0) is 9.59 Å². The first-order valence-corrected chi connectivity index (χ1v) is 7.90. The predicted molar refractivity (Wildman–Crippen MR) is 88.9 cm³/mol. The summed E-state index contributed by atoms with van der Waals surface area (Å²) in [6.07, 6.45) is 1.71. The second kappa shape index (κ2) is 6.82. The SMILES string of the molecule is CN(C)c1ccc(C=C2N=C(SCC(=O)O)SC2=O)cc1. The molecule has 0 bridgehead atoms. The van der Waals surface area contributed by atoms with Gasteiger partial charge in [-0.2, -0.15) is 0 Å². The van der Waals surface area contributed by atoms with Gasteiger partial charge < -0.3 is 10.0 Å². The number of carboxylic acid groups (broad SMARTS) is 1. The van der Waals surface area contributed by atoms with Crippen LogP contribution in [0.1, 0.15) is 5.56 Å². The summed E-state index contributed by atoms with van der Waals surface area (Å²) in [4.78, 5) is 28.5. The molecule has 0 unspecified atom stereocenters. The summed E-state index contributed by atoms with van der Waals surface area (Å²) in [6, 6.07) is 7.75. The lowest BCUT2D eigenvalue weighted by Gasteiger charge is -2.11. The van der Waals surface area contributed by atoms with Gasteiger partial charge in [-0.3, -0.25) is 9.59 Å². The highest BCUT2D eigenvalue weighted by Gasteiger charge is 2.22. The highest BCUT2D eigenvalue weighted by atomic mass is 32.2. The minimum Gasteiger partial charge on any atom is -0.481 e. The Bertz CT molecular complexity index is 622.